The number of aromatic nitrogens is 1. The maximum absolute atomic E-state index is 13.0. The Morgan fingerprint density at radius 1 is 1.23 bits per heavy atom. The minimum atomic E-state index is -1.18. The summed E-state index contributed by atoms with van der Waals surface area (Å²) in [6, 6.07) is 3.74. The fourth-order valence-corrected chi connectivity index (χ4v) is 1.61. The highest BCUT2D eigenvalue weighted by Gasteiger charge is 2.20. The number of nitrogens with zero attached hydrogens (tertiary/aromatic N) is 1. The zero-order chi connectivity index (χ0) is 16.3. The molecule has 6 nitrogen and oxygen atoms in total. The number of esters is 1. The summed E-state index contributed by atoms with van der Waals surface area (Å²) in [6.07, 6.45) is -1.18. The molecular weight excluding hydrogens is 298 g/mol. The van der Waals surface area contributed by atoms with Crippen LogP contribution >= 0.6 is 0 Å². The van der Waals surface area contributed by atoms with E-state index in [2.05, 4.69) is 10.5 Å². The van der Waals surface area contributed by atoms with Gasteiger partial charge in [0, 0.05) is 12.1 Å². The summed E-state index contributed by atoms with van der Waals surface area (Å²) in [4.78, 5) is 23.6. The molecule has 22 heavy (non-hydrogen) atoms. The van der Waals surface area contributed by atoms with Crippen LogP contribution in [0.1, 0.15) is 23.0 Å². The van der Waals surface area contributed by atoms with Crippen LogP contribution in [-0.2, 0) is 9.53 Å². The van der Waals surface area contributed by atoms with E-state index in [1.165, 1.54) is 13.0 Å². The van der Waals surface area contributed by atoms with Crippen LogP contribution in [0.5, 0.6) is 0 Å². The van der Waals surface area contributed by atoms with Crippen LogP contribution in [0.4, 0.5) is 14.6 Å². The number of nitrogens with one attached hydrogen (secondary N) is 1. The molecule has 1 heterocycles. The van der Waals surface area contributed by atoms with Gasteiger partial charge in [-0.3, -0.25) is 4.79 Å². The lowest BCUT2D eigenvalue weighted by Crippen LogP contribution is -2.30. The van der Waals surface area contributed by atoms with Gasteiger partial charge in [0.15, 0.2) is 11.9 Å². The third-order valence-electron chi connectivity index (χ3n) is 2.63. The number of hydrogen-bond acceptors (Lipinski definition) is 5. The number of carbonyl (C=O) groups is 2. The average molecular weight is 310 g/mol. The van der Waals surface area contributed by atoms with Gasteiger partial charge in [0.2, 0.25) is 0 Å². The molecule has 0 radical (unpaired) electrons. The quantitative estimate of drug-likeness (QED) is 0.877. The molecule has 1 aromatic carbocycles. The summed E-state index contributed by atoms with van der Waals surface area (Å²) in [5.41, 5.74) is -0.325. The molecule has 1 atom stereocenters. The smallest absolute Gasteiger partial charge is 0.339 e. The minimum Gasteiger partial charge on any atom is -0.449 e. The van der Waals surface area contributed by atoms with Crippen LogP contribution in [-0.4, -0.2) is 23.1 Å². The first kappa shape index (κ1) is 15.6. The lowest BCUT2D eigenvalue weighted by atomic mass is 10.2. The molecule has 0 bridgehead atoms. The van der Waals surface area contributed by atoms with Crippen LogP contribution < -0.4 is 5.32 Å². The molecule has 0 aliphatic rings. The number of benzene rings is 1. The molecule has 8 heteroatoms. The average Bonchev–Trinajstić information content (AvgIpc) is 2.82. The van der Waals surface area contributed by atoms with Crippen molar-refractivity contribution in [1.82, 2.24) is 5.16 Å². The van der Waals surface area contributed by atoms with Crippen LogP contribution in [0.3, 0.4) is 0 Å². The van der Waals surface area contributed by atoms with Crippen molar-refractivity contribution in [2.75, 3.05) is 5.32 Å². The van der Waals surface area contributed by atoms with E-state index in [0.717, 1.165) is 12.1 Å². The Kier molecular flexibility index (Phi) is 4.50. The molecular formula is C14H12F2N2O4. The second kappa shape index (κ2) is 6.33. The molecule has 1 N–H and O–H groups in total. The minimum absolute atomic E-state index is 0.169. The van der Waals surface area contributed by atoms with Crippen molar-refractivity contribution < 1.29 is 27.6 Å². The van der Waals surface area contributed by atoms with Gasteiger partial charge in [-0.25, -0.2) is 13.6 Å². The third-order valence-corrected chi connectivity index (χ3v) is 2.63. The van der Waals surface area contributed by atoms with E-state index in [4.69, 9.17) is 9.26 Å². The number of amides is 1. The fourth-order valence-electron chi connectivity index (χ4n) is 1.61. The van der Waals surface area contributed by atoms with E-state index in [-0.39, 0.29) is 11.4 Å². The van der Waals surface area contributed by atoms with Crippen LogP contribution in [0.15, 0.2) is 28.8 Å². The van der Waals surface area contributed by atoms with E-state index < -0.39 is 29.6 Å². The standard InChI is InChI=1S/C14H12F2N2O4/c1-7-3-12(18-22-7)17-13(19)8(2)21-14(20)9-4-10(15)6-11(16)5-9/h3-6,8H,1-2H3,(H,17,18,19)/t8-/m0/s1. The molecule has 0 saturated carbocycles. The Balaban J connectivity index is 1.99. The Labute approximate surface area is 124 Å². The fraction of sp³-hybridized carbons (Fsp3) is 0.214. The summed E-state index contributed by atoms with van der Waals surface area (Å²) in [6.45, 7) is 2.96. The summed E-state index contributed by atoms with van der Waals surface area (Å²) in [5.74, 6) is -2.84. The summed E-state index contributed by atoms with van der Waals surface area (Å²) >= 11 is 0. The predicted octanol–water partition coefficient (Wildman–Crippen LogP) is 2.45. The number of halogens is 2. The summed E-state index contributed by atoms with van der Waals surface area (Å²) in [7, 11) is 0. The van der Waals surface area contributed by atoms with Gasteiger partial charge in [0.05, 0.1) is 5.56 Å². The number of ether oxygens (including phenoxy) is 1. The third kappa shape index (κ3) is 3.87. The second-order valence-electron chi connectivity index (χ2n) is 4.52. The number of rotatable bonds is 4. The lowest BCUT2D eigenvalue weighted by Gasteiger charge is -2.12. The number of carbonyl (C=O) groups excluding carboxylic acids is 2. The Hall–Kier alpha value is -2.77. The molecule has 0 aliphatic heterocycles. The largest absolute Gasteiger partial charge is 0.449 e. The van der Waals surface area contributed by atoms with Gasteiger partial charge in [-0.05, 0) is 26.0 Å². The van der Waals surface area contributed by atoms with Crippen molar-refractivity contribution in [3.8, 4) is 0 Å². The van der Waals surface area contributed by atoms with Crippen molar-refractivity contribution in [3.05, 3.63) is 47.2 Å². The van der Waals surface area contributed by atoms with Crippen molar-refractivity contribution in [3.63, 3.8) is 0 Å². The first-order valence-electron chi connectivity index (χ1n) is 6.26. The van der Waals surface area contributed by atoms with Gasteiger partial charge in [0.25, 0.3) is 5.91 Å². The van der Waals surface area contributed by atoms with Gasteiger partial charge in [-0.15, -0.1) is 0 Å². The molecule has 0 aliphatic carbocycles. The molecule has 2 rings (SSSR count). The summed E-state index contributed by atoms with van der Waals surface area (Å²) < 4.78 is 35.7. The topological polar surface area (TPSA) is 81.4 Å². The van der Waals surface area contributed by atoms with Crippen molar-refractivity contribution >= 4 is 17.7 Å². The molecule has 2 aromatic rings. The van der Waals surface area contributed by atoms with Gasteiger partial charge >= 0.3 is 5.97 Å². The number of anilines is 1. The van der Waals surface area contributed by atoms with Gasteiger partial charge in [-0.1, -0.05) is 5.16 Å². The molecule has 0 spiro atoms. The first-order valence-corrected chi connectivity index (χ1v) is 6.26. The number of hydrogen-bond donors (Lipinski definition) is 1. The molecule has 116 valence electrons. The summed E-state index contributed by atoms with van der Waals surface area (Å²) in [5, 5.41) is 5.92. The van der Waals surface area contributed by atoms with E-state index in [1.807, 2.05) is 0 Å². The molecule has 0 unspecified atom stereocenters. The van der Waals surface area contributed by atoms with E-state index in [0.29, 0.717) is 11.8 Å². The van der Waals surface area contributed by atoms with Gasteiger partial charge in [0.1, 0.15) is 17.4 Å². The van der Waals surface area contributed by atoms with Crippen LogP contribution in [0.2, 0.25) is 0 Å². The Morgan fingerprint density at radius 2 is 1.86 bits per heavy atom. The lowest BCUT2D eigenvalue weighted by molar-refractivity contribution is -0.123. The Bertz CT molecular complexity index is 694. The molecule has 0 fully saturated rings. The van der Waals surface area contributed by atoms with E-state index in [9.17, 15) is 18.4 Å². The van der Waals surface area contributed by atoms with Crippen molar-refractivity contribution in [2.45, 2.75) is 20.0 Å². The maximum Gasteiger partial charge on any atom is 0.339 e. The zero-order valence-corrected chi connectivity index (χ0v) is 11.7. The highest BCUT2D eigenvalue weighted by atomic mass is 19.1. The first-order chi connectivity index (χ1) is 10.3. The van der Waals surface area contributed by atoms with Crippen molar-refractivity contribution in [1.29, 1.82) is 0 Å². The monoisotopic (exact) mass is 310 g/mol. The highest BCUT2D eigenvalue weighted by molar-refractivity contribution is 5.96. The Morgan fingerprint density at radius 3 is 2.41 bits per heavy atom. The maximum atomic E-state index is 13.0. The molecule has 1 aromatic heterocycles. The highest BCUT2D eigenvalue weighted by Crippen LogP contribution is 2.12. The zero-order valence-electron chi connectivity index (χ0n) is 11.7. The predicted molar refractivity (Wildman–Crippen MR) is 71.1 cm³/mol. The van der Waals surface area contributed by atoms with Crippen LogP contribution in [0, 0.1) is 18.6 Å². The molecule has 1 amide bonds. The van der Waals surface area contributed by atoms with Crippen molar-refractivity contribution in [2.24, 2.45) is 0 Å². The number of aryl methyl sites for hydroxylation is 1. The molecule has 0 saturated heterocycles. The second-order valence-corrected chi connectivity index (χ2v) is 4.52. The van der Waals surface area contributed by atoms with E-state index >= 15 is 0 Å². The van der Waals surface area contributed by atoms with Gasteiger partial charge < -0.3 is 14.6 Å². The van der Waals surface area contributed by atoms with Crippen LogP contribution in [0.25, 0.3) is 0 Å². The van der Waals surface area contributed by atoms with E-state index in [1.54, 1.807) is 6.92 Å². The van der Waals surface area contributed by atoms with Gasteiger partial charge in [-0.2, -0.15) is 0 Å². The normalized spacial score (nSPS) is 11.8. The SMILES string of the molecule is Cc1cc(NC(=O)[C@H](C)OC(=O)c2cc(F)cc(F)c2)no1.